The second-order valence-electron chi connectivity index (χ2n) is 3.18. The van der Waals surface area contributed by atoms with Gasteiger partial charge in [0.1, 0.15) is 6.61 Å². The fourth-order valence-electron chi connectivity index (χ4n) is 0.803. The highest BCUT2D eigenvalue weighted by Crippen LogP contribution is 2.20. The molecule has 4 heteroatoms. The van der Waals surface area contributed by atoms with Crippen LogP contribution in [0.3, 0.4) is 0 Å². The van der Waals surface area contributed by atoms with Crippen molar-refractivity contribution in [2.24, 2.45) is 5.41 Å². The third kappa shape index (κ3) is 3.74. The maximum absolute atomic E-state index is 10.8. The van der Waals surface area contributed by atoms with Gasteiger partial charge in [-0.15, -0.1) is 0 Å². The number of hydrogen-bond acceptors (Lipinski definition) is 4. The Morgan fingerprint density at radius 2 is 1.85 bits per heavy atom. The Morgan fingerprint density at radius 3 is 2.15 bits per heavy atom. The van der Waals surface area contributed by atoms with E-state index in [9.17, 15) is 4.79 Å². The van der Waals surface area contributed by atoms with E-state index in [1.165, 1.54) is 0 Å². The lowest BCUT2D eigenvalue weighted by Crippen LogP contribution is -2.35. The van der Waals surface area contributed by atoms with Crippen LogP contribution in [-0.4, -0.2) is 36.0 Å². The molecule has 0 bridgehead atoms. The molecule has 78 valence electrons. The Labute approximate surface area is 78.5 Å². The summed E-state index contributed by atoms with van der Waals surface area (Å²) in [4.78, 5) is 10.8. The van der Waals surface area contributed by atoms with Crippen LogP contribution in [0.4, 0.5) is 0 Å². The van der Waals surface area contributed by atoms with Gasteiger partial charge < -0.3 is 14.9 Å². The number of rotatable bonds is 6. The van der Waals surface area contributed by atoms with Gasteiger partial charge in [0, 0.05) is 6.42 Å². The summed E-state index contributed by atoms with van der Waals surface area (Å²) >= 11 is 0. The first-order valence-corrected chi connectivity index (χ1v) is 4.51. The van der Waals surface area contributed by atoms with E-state index in [0.29, 0.717) is 12.8 Å². The maximum atomic E-state index is 10.8. The van der Waals surface area contributed by atoms with Gasteiger partial charge in [-0.3, -0.25) is 4.79 Å². The largest absolute Gasteiger partial charge is 0.465 e. The molecule has 0 unspecified atom stereocenters. The zero-order valence-corrected chi connectivity index (χ0v) is 8.25. The molecular formula is C9H18O4. The van der Waals surface area contributed by atoms with Crippen molar-refractivity contribution >= 4 is 5.97 Å². The van der Waals surface area contributed by atoms with Crippen LogP contribution < -0.4 is 0 Å². The fourth-order valence-corrected chi connectivity index (χ4v) is 0.803. The standard InChI is InChI=1S/C9H18O4/c1-3-8(12)13-7-9(4-2,5-10)6-11/h10-11H,3-7H2,1-2H3. The van der Waals surface area contributed by atoms with E-state index in [1.807, 2.05) is 6.92 Å². The molecule has 13 heavy (non-hydrogen) atoms. The van der Waals surface area contributed by atoms with Crippen molar-refractivity contribution in [3.63, 3.8) is 0 Å². The van der Waals surface area contributed by atoms with Crippen molar-refractivity contribution in [2.45, 2.75) is 26.7 Å². The summed E-state index contributed by atoms with van der Waals surface area (Å²) in [6.07, 6.45) is 0.896. The lowest BCUT2D eigenvalue weighted by Gasteiger charge is -2.27. The molecule has 0 rings (SSSR count). The van der Waals surface area contributed by atoms with Crippen LogP contribution in [0.5, 0.6) is 0 Å². The Bertz CT molecular complexity index is 143. The summed E-state index contributed by atoms with van der Waals surface area (Å²) in [7, 11) is 0. The van der Waals surface area contributed by atoms with Crippen LogP contribution >= 0.6 is 0 Å². The number of carbonyl (C=O) groups excluding carboxylic acids is 1. The molecule has 0 aliphatic heterocycles. The predicted octanol–water partition coefficient (Wildman–Crippen LogP) is 0.321. The van der Waals surface area contributed by atoms with Crippen molar-refractivity contribution in [3.8, 4) is 0 Å². The number of aliphatic hydroxyl groups is 2. The average Bonchev–Trinajstić information content (AvgIpc) is 2.20. The van der Waals surface area contributed by atoms with Gasteiger partial charge in [0.25, 0.3) is 0 Å². The molecule has 0 aromatic heterocycles. The average molecular weight is 190 g/mol. The Morgan fingerprint density at radius 1 is 1.31 bits per heavy atom. The number of carbonyl (C=O) groups is 1. The summed E-state index contributed by atoms with van der Waals surface area (Å²) in [5.74, 6) is -0.306. The number of hydrogen-bond donors (Lipinski definition) is 2. The molecule has 0 amide bonds. The quantitative estimate of drug-likeness (QED) is 0.592. The lowest BCUT2D eigenvalue weighted by molar-refractivity contribution is -0.149. The SMILES string of the molecule is CCC(=O)OCC(CC)(CO)CO. The van der Waals surface area contributed by atoms with Crippen molar-refractivity contribution < 1.29 is 19.7 Å². The van der Waals surface area contributed by atoms with E-state index in [2.05, 4.69) is 0 Å². The van der Waals surface area contributed by atoms with E-state index < -0.39 is 5.41 Å². The highest BCUT2D eigenvalue weighted by Gasteiger charge is 2.28. The molecule has 0 spiro atoms. The monoisotopic (exact) mass is 190 g/mol. The highest BCUT2D eigenvalue weighted by atomic mass is 16.5. The lowest BCUT2D eigenvalue weighted by atomic mass is 9.88. The Kier molecular flexibility index (Phi) is 5.66. The summed E-state index contributed by atoms with van der Waals surface area (Å²) in [6.45, 7) is 3.29. The van der Waals surface area contributed by atoms with Gasteiger partial charge in [-0.2, -0.15) is 0 Å². The van der Waals surface area contributed by atoms with Crippen molar-refractivity contribution in [3.05, 3.63) is 0 Å². The van der Waals surface area contributed by atoms with Gasteiger partial charge in [0.05, 0.1) is 18.6 Å². The van der Waals surface area contributed by atoms with Gasteiger partial charge in [0.2, 0.25) is 0 Å². The van der Waals surface area contributed by atoms with Crippen LogP contribution in [0.2, 0.25) is 0 Å². The first-order chi connectivity index (χ1) is 6.14. The summed E-state index contributed by atoms with van der Waals surface area (Å²) in [6, 6.07) is 0. The summed E-state index contributed by atoms with van der Waals surface area (Å²) in [5.41, 5.74) is -0.676. The first kappa shape index (κ1) is 12.4. The van der Waals surface area contributed by atoms with Crippen molar-refractivity contribution in [2.75, 3.05) is 19.8 Å². The molecule has 0 aliphatic rings. The minimum Gasteiger partial charge on any atom is -0.465 e. The number of aliphatic hydroxyl groups excluding tert-OH is 2. The van der Waals surface area contributed by atoms with E-state index in [4.69, 9.17) is 14.9 Å². The molecule has 0 saturated carbocycles. The van der Waals surface area contributed by atoms with Gasteiger partial charge in [-0.1, -0.05) is 13.8 Å². The summed E-state index contributed by atoms with van der Waals surface area (Å²) in [5, 5.41) is 18.0. The molecule has 0 fully saturated rings. The molecule has 0 heterocycles. The molecule has 0 radical (unpaired) electrons. The molecule has 4 nitrogen and oxygen atoms in total. The number of esters is 1. The van der Waals surface area contributed by atoms with Crippen LogP contribution in [0.1, 0.15) is 26.7 Å². The normalized spacial score (nSPS) is 11.4. The molecule has 0 atom stereocenters. The van der Waals surface area contributed by atoms with E-state index in [-0.39, 0.29) is 25.8 Å². The second-order valence-corrected chi connectivity index (χ2v) is 3.18. The van der Waals surface area contributed by atoms with E-state index in [0.717, 1.165) is 0 Å². The molecule has 2 N–H and O–H groups in total. The third-order valence-electron chi connectivity index (χ3n) is 2.25. The van der Waals surface area contributed by atoms with Crippen molar-refractivity contribution in [1.29, 1.82) is 0 Å². The van der Waals surface area contributed by atoms with Crippen LogP contribution in [0.15, 0.2) is 0 Å². The van der Waals surface area contributed by atoms with Crippen molar-refractivity contribution in [1.82, 2.24) is 0 Å². The zero-order chi connectivity index (χ0) is 10.3. The third-order valence-corrected chi connectivity index (χ3v) is 2.25. The van der Waals surface area contributed by atoms with Crippen LogP contribution in [-0.2, 0) is 9.53 Å². The Balaban J connectivity index is 4.02. The highest BCUT2D eigenvalue weighted by molar-refractivity contribution is 5.68. The zero-order valence-electron chi connectivity index (χ0n) is 8.25. The van der Waals surface area contributed by atoms with Crippen LogP contribution in [0.25, 0.3) is 0 Å². The first-order valence-electron chi connectivity index (χ1n) is 4.51. The van der Waals surface area contributed by atoms with Gasteiger partial charge in [0.15, 0.2) is 0 Å². The smallest absolute Gasteiger partial charge is 0.305 e. The molecule has 0 aliphatic carbocycles. The fraction of sp³-hybridized carbons (Fsp3) is 0.889. The molecule has 0 aromatic rings. The predicted molar refractivity (Wildman–Crippen MR) is 48.1 cm³/mol. The Hall–Kier alpha value is -0.610. The van der Waals surface area contributed by atoms with E-state index >= 15 is 0 Å². The van der Waals surface area contributed by atoms with Gasteiger partial charge >= 0.3 is 5.97 Å². The molecule has 0 saturated heterocycles. The minimum atomic E-state index is -0.676. The topological polar surface area (TPSA) is 66.8 Å². The molecular weight excluding hydrogens is 172 g/mol. The second kappa shape index (κ2) is 5.94. The van der Waals surface area contributed by atoms with Gasteiger partial charge in [-0.25, -0.2) is 0 Å². The van der Waals surface area contributed by atoms with Crippen LogP contribution in [0, 0.1) is 5.41 Å². The number of ether oxygens (including phenoxy) is 1. The van der Waals surface area contributed by atoms with E-state index in [1.54, 1.807) is 6.92 Å². The minimum absolute atomic E-state index is 0.0865. The maximum Gasteiger partial charge on any atom is 0.305 e. The van der Waals surface area contributed by atoms with Gasteiger partial charge in [-0.05, 0) is 6.42 Å². The molecule has 0 aromatic carbocycles. The summed E-state index contributed by atoms with van der Waals surface area (Å²) < 4.78 is 4.87.